The van der Waals surface area contributed by atoms with Gasteiger partial charge in [0.05, 0.1) is 6.04 Å². The maximum absolute atomic E-state index is 9.84. The molecule has 5 heteroatoms. The molecule has 1 aliphatic rings. The molecule has 1 saturated heterocycles. The van der Waals surface area contributed by atoms with Crippen molar-refractivity contribution in [3.63, 3.8) is 0 Å². The molecule has 0 saturated carbocycles. The minimum absolute atomic E-state index is 0.160. The summed E-state index contributed by atoms with van der Waals surface area (Å²) in [7, 11) is 0. The zero-order chi connectivity index (χ0) is 14.8. The first-order valence-electron chi connectivity index (χ1n) is 7.52. The van der Waals surface area contributed by atoms with Gasteiger partial charge in [-0.25, -0.2) is 0 Å². The molecule has 1 aliphatic heterocycles. The molecule has 2 aromatic rings. The smallest absolute Gasteiger partial charge is 0.244 e. The molecule has 0 aliphatic carbocycles. The second-order valence-electron chi connectivity index (χ2n) is 5.77. The normalized spacial score (nSPS) is 19.4. The van der Waals surface area contributed by atoms with Gasteiger partial charge < -0.3 is 14.9 Å². The highest BCUT2D eigenvalue weighted by atomic mass is 16.5. The summed E-state index contributed by atoms with van der Waals surface area (Å²) in [5, 5.41) is 17.4. The third kappa shape index (κ3) is 2.93. The Kier molecular flexibility index (Phi) is 3.92. The maximum Gasteiger partial charge on any atom is 0.244 e. The number of hydrogen-bond donors (Lipinski definition) is 2. The Bertz CT molecular complexity index is 605. The average Bonchev–Trinajstić information content (AvgIpc) is 2.80. The molecule has 1 atom stereocenters. The quantitative estimate of drug-likeness (QED) is 0.887. The Balaban J connectivity index is 1.87. The van der Waals surface area contributed by atoms with Crippen molar-refractivity contribution >= 4 is 0 Å². The van der Waals surface area contributed by atoms with Crippen molar-refractivity contribution in [1.29, 1.82) is 0 Å². The van der Waals surface area contributed by atoms with Gasteiger partial charge in [-0.1, -0.05) is 18.0 Å². The number of nitrogens with zero attached hydrogens (tertiary/aromatic N) is 2. The van der Waals surface area contributed by atoms with Crippen LogP contribution in [0.15, 0.2) is 16.7 Å². The van der Waals surface area contributed by atoms with Crippen LogP contribution in [0.25, 0.3) is 11.4 Å². The standard InChI is InChI=1S/C16H21N3O2/c1-10-8-12(9-11(2)14(10)20)15-18-16(21-19-15)13-6-4-3-5-7-17-13/h8-9,13,17,20H,3-7H2,1-2H3. The summed E-state index contributed by atoms with van der Waals surface area (Å²) in [5.74, 6) is 1.57. The fourth-order valence-corrected chi connectivity index (χ4v) is 2.82. The number of benzene rings is 1. The molecular formula is C16H21N3O2. The van der Waals surface area contributed by atoms with E-state index >= 15 is 0 Å². The number of phenols is 1. The predicted octanol–water partition coefficient (Wildman–Crippen LogP) is 3.26. The number of nitrogens with one attached hydrogen (secondary N) is 1. The van der Waals surface area contributed by atoms with Crippen LogP contribution in [0.4, 0.5) is 0 Å². The number of aromatic nitrogens is 2. The van der Waals surface area contributed by atoms with Crippen LogP contribution in [0.3, 0.4) is 0 Å². The topological polar surface area (TPSA) is 71.2 Å². The largest absolute Gasteiger partial charge is 0.507 e. The molecule has 1 unspecified atom stereocenters. The van der Waals surface area contributed by atoms with E-state index < -0.39 is 0 Å². The average molecular weight is 287 g/mol. The van der Waals surface area contributed by atoms with Crippen LogP contribution in [-0.4, -0.2) is 21.8 Å². The van der Waals surface area contributed by atoms with E-state index in [1.807, 2.05) is 26.0 Å². The summed E-state index contributed by atoms with van der Waals surface area (Å²) in [4.78, 5) is 4.54. The lowest BCUT2D eigenvalue weighted by Gasteiger charge is -2.09. The van der Waals surface area contributed by atoms with Crippen molar-refractivity contribution in [2.24, 2.45) is 0 Å². The second kappa shape index (κ2) is 5.85. The van der Waals surface area contributed by atoms with Gasteiger partial charge in [0.25, 0.3) is 0 Å². The van der Waals surface area contributed by atoms with E-state index in [0.717, 1.165) is 29.7 Å². The first-order valence-corrected chi connectivity index (χ1v) is 7.52. The summed E-state index contributed by atoms with van der Waals surface area (Å²) >= 11 is 0. The molecule has 0 radical (unpaired) electrons. The fraction of sp³-hybridized carbons (Fsp3) is 0.500. The molecule has 0 bridgehead atoms. The SMILES string of the molecule is Cc1cc(-c2noc(C3CCCCCN3)n2)cc(C)c1O. The van der Waals surface area contributed by atoms with E-state index in [2.05, 4.69) is 15.5 Å². The first kappa shape index (κ1) is 14.1. The molecular weight excluding hydrogens is 266 g/mol. The van der Waals surface area contributed by atoms with Crippen molar-refractivity contribution in [2.75, 3.05) is 6.54 Å². The number of rotatable bonds is 2. The van der Waals surface area contributed by atoms with E-state index in [1.165, 1.54) is 19.3 Å². The lowest BCUT2D eigenvalue weighted by atomic mass is 10.1. The van der Waals surface area contributed by atoms with Gasteiger partial charge in [-0.15, -0.1) is 0 Å². The Labute approximate surface area is 124 Å². The van der Waals surface area contributed by atoms with Crippen molar-refractivity contribution < 1.29 is 9.63 Å². The van der Waals surface area contributed by atoms with Crippen molar-refractivity contribution in [3.8, 4) is 17.1 Å². The molecule has 1 aromatic carbocycles. The van der Waals surface area contributed by atoms with Crippen LogP contribution in [0.5, 0.6) is 5.75 Å². The van der Waals surface area contributed by atoms with Crippen molar-refractivity contribution in [1.82, 2.24) is 15.5 Å². The van der Waals surface area contributed by atoms with Crippen LogP contribution in [-0.2, 0) is 0 Å². The Morgan fingerprint density at radius 2 is 1.95 bits per heavy atom. The lowest BCUT2D eigenvalue weighted by molar-refractivity contribution is 0.327. The van der Waals surface area contributed by atoms with Gasteiger partial charge in [-0.3, -0.25) is 0 Å². The molecule has 112 valence electrons. The van der Waals surface area contributed by atoms with Gasteiger partial charge >= 0.3 is 0 Å². The highest BCUT2D eigenvalue weighted by molar-refractivity contribution is 5.60. The fourth-order valence-electron chi connectivity index (χ4n) is 2.82. The van der Waals surface area contributed by atoms with Crippen molar-refractivity contribution in [2.45, 2.75) is 45.6 Å². The molecule has 1 aromatic heterocycles. The zero-order valence-corrected chi connectivity index (χ0v) is 12.5. The minimum Gasteiger partial charge on any atom is -0.507 e. The van der Waals surface area contributed by atoms with E-state index in [0.29, 0.717) is 17.5 Å². The number of aryl methyl sites for hydroxylation is 2. The Morgan fingerprint density at radius 3 is 2.71 bits per heavy atom. The van der Waals surface area contributed by atoms with Crippen LogP contribution in [0.1, 0.15) is 48.7 Å². The van der Waals surface area contributed by atoms with Gasteiger partial charge in [0.15, 0.2) is 0 Å². The van der Waals surface area contributed by atoms with Crippen LogP contribution in [0.2, 0.25) is 0 Å². The molecule has 3 rings (SSSR count). The lowest BCUT2D eigenvalue weighted by Crippen LogP contribution is -2.20. The molecule has 2 heterocycles. The van der Waals surface area contributed by atoms with Crippen LogP contribution < -0.4 is 5.32 Å². The van der Waals surface area contributed by atoms with E-state index in [4.69, 9.17) is 4.52 Å². The predicted molar refractivity (Wildman–Crippen MR) is 80.1 cm³/mol. The number of aromatic hydroxyl groups is 1. The molecule has 0 spiro atoms. The van der Waals surface area contributed by atoms with Crippen LogP contribution in [0, 0.1) is 13.8 Å². The van der Waals surface area contributed by atoms with E-state index in [9.17, 15) is 5.11 Å². The van der Waals surface area contributed by atoms with E-state index in [1.54, 1.807) is 0 Å². The molecule has 1 fully saturated rings. The van der Waals surface area contributed by atoms with Gasteiger partial charge in [0, 0.05) is 5.56 Å². The van der Waals surface area contributed by atoms with Gasteiger partial charge in [0.2, 0.25) is 11.7 Å². The summed E-state index contributed by atoms with van der Waals surface area (Å²) in [6, 6.07) is 3.93. The summed E-state index contributed by atoms with van der Waals surface area (Å²) in [5.41, 5.74) is 2.53. The van der Waals surface area contributed by atoms with E-state index in [-0.39, 0.29) is 6.04 Å². The maximum atomic E-state index is 9.84. The summed E-state index contributed by atoms with van der Waals surface area (Å²) < 4.78 is 5.44. The molecule has 0 amide bonds. The number of phenolic OH excluding ortho intramolecular Hbond substituents is 1. The van der Waals surface area contributed by atoms with Gasteiger partial charge in [-0.05, 0) is 56.5 Å². The second-order valence-corrected chi connectivity index (χ2v) is 5.77. The van der Waals surface area contributed by atoms with Gasteiger partial charge in [0.1, 0.15) is 5.75 Å². The molecule has 2 N–H and O–H groups in total. The zero-order valence-electron chi connectivity index (χ0n) is 12.5. The highest BCUT2D eigenvalue weighted by Crippen LogP contribution is 2.29. The minimum atomic E-state index is 0.160. The van der Waals surface area contributed by atoms with Crippen LogP contribution >= 0.6 is 0 Å². The Hall–Kier alpha value is -1.88. The first-order chi connectivity index (χ1) is 10.1. The molecule has 21 heavy (non-hydrogen) atoms. The number of hydrogen-bond acceptors (Lipinski definition) is 5. The highest BCUT2D eigenvalue weighted by Gasteiger charge is 2.21. The third-order valence-corrected chi connectivity index (χ3v) is 4.05. The summed E-state index contributed by atoms with van der Waals surface area (Å²) in [6.07, 6.45) is 4.68. The van der Waals surface area contributed by atoms with Crippen molar-refractivity contribution in [3.05, 3.63) is 29.2 Å². The van der Waals surface area contributed by atoms with Gasteiger partial charge in [-0.2, -0.15) is 4.98 Å². The summed E-state index contributed by atoms with van der Waals surface area (Å²) in [6.45, 7) is 4.75. The Morgan fingerprint density at radius 1 is 1.19 bits per heavy atom. The molecule has 5 nitrogen and oxygen atoms in total. The monoisotopic (exact) mass is 287 g/mol. The third-order valence-electron chi connectivity index (χ3n) is 4.05.